The number of carboxylic acid groups (broad SMARTS) is 1. The van der Waals surface area contributed by atoms with Gasteiger partial charge in [0.25, 0.3) is 5.91 Å². The number of carbonyl (C=O) groups excluding carboxylic acids is 1. The zero-order chi connectivity index (χ0) is 23.1. The van der Waals surface area contributed by atoms with Gasteiger partial charge in [0, 0.05) is 11.1 Å². The Morgan fingerprint density at radius 1 is 1.23 bits per heavy atom. The van der Waals surface area contributed by atoms with Crippen molar-refractivity contribution in [3.8, 4) is 10.8 Å². The number of carboxylic acids is 1. The zero-order valence-electron chi connectivity index (χ0n) is 15.9. The van der Waals surface area contributed by atoms with Crippen LogP contribution in [-0.2, 0) is 11.2 Å². The molecule has 0 saturated heterocycles. The summed E-state index contributed by atoms with van der Waals surface area (Å²) in [7, 11) is 1.22. The molecule has 0 bridgehead atoms. The van der Waals surface area contributed by atoms with Gasteiger partial charge in [0.05, 0.1) is 23.9 Å². The van der Waals surface area contributed by atoms with Crippen LogP contribution in [0, 0.1) is 12.7 Å². The van der Waals surface area contributed by atoms with Crippen molar-refractivity contribution in [3.63, 3.8) is 0 Å². The number of ether oxygens (including phenoxy) is 2. The molecule has 1 aromatic carbocycles. The summed E-state index contributed by atoms with van der Waals surface area (Å²) >= 11 is 0.392. The van der Waals surface area contributed by atoms with Gasteiger partial charge in [-0.25, -0.2) is 4.39 Å². The van der Waals surface area contributed by atoms with E-state index in [1.165, 1.54) is 26.2 Å². The van der Waals surface area contributed by atoms with Gasteiger partial charge < -0.3 is 14.6 Å². The van der Waals surface area contributed by atoms with Gasteiger partial charge in [0.1, 0.15) is 0 Å². The minimum absolute atomic E-state index is 0.0320. The minimum atomic E-state index is -4.74. The van der Waals surface area contributed by atoms with Crippen LogP contribution in [0.3, 0.4) is 0 Å². The highest BCUT2D eigenvalue weighted by Crippen LogP contribution is 2.36. The lowest BCUT2D eigenvalue weighted by molar-refractivity contribution is -0.251. The Morgan fingerprint density at radius 2 is 1.90 bits per heavy atom. The number of aliphatic carboxylic acids is 1. The Bertz CT molecular complexity index is 1170. The molecule has 1 N–H and O–H groups in total. The average molecular weight is 463 g/mol. The highest BCUT2D eigenvalue weighted by Gasteiger charge is 2.44. The fraction of sp³-hybridized carbons (Fsp3) is 0.263. The number of carbonyl (C=O) groups is 2. The third kappa shape index (κ3) is 4.07. The van der Waals surface area contributed by atoms with E-state index in [-0.39, 0.29) is 32.8 Å². The number of nitrogens with zero attached hydrogens (tertiary/aromatic N) is 1. The summed E-state index contributed by atoms with van der Waals surface area (Å²) in [6, 6.07) is 4.62. The highest BCUT2D eigenvalue weighted by molar-refractivity contribution is 7.15. The van der Waals surface area contributed by atoms with Crippen LogP contribution < -0.4 is 9.47 Å². The minimum Gasteiger partial charge on any atom is -0.494 e. The van der Waals surface area contributed by atoms with Crippen molar-refractivity contribution in [3.05, 3.63) is 46.2 Å². The van der Waals surface area contributed by atoms with Gasteiger partial charge in [0.15, 0.2) is 16.6 Å². The monoisotopic (exact) mass is 463 g/mol. The SMILES string of the molecule is COc1ccc2c(c1F)c(CC(=O)O)c(C)n2C(=O)c1ccc(OC(F)(F)C(F)F)s1. The lowest BCUT2D eigenvalue weighted by Crippen LogP contribution is -2.33. The molecule has 0 amide bonds. The number of fused-ring (bicyclic) bond motifs is 1. The van der Waals surface area contributed by atoms with E-state index in [1.54, 1.807) is 0 Å². The first kappa shape index (κ1) is 22.5. The predicted octanol–water partition coefficient (Wildman–Crippen LogP) is 4.71. The fourth-order valence-electron chi connectivity index (χ4n) is 3.08. The van der Waals surface area contributed by atoms with Crippen molar-refractivity contribution in [2.24, 2.45) is 0 Å². The Morgan fingerprint density at radius 3 is 2.48 bits per heavy atom. The van der Waals surface area contributed by atoms with Crippen molar-refractivity contribution in [2.45, 2.75) is 25.9 Å². The molecule has 2 aromatic heterocycles. The predicted molar refractivity (Wildman–Crippen MR) is 100 cm³/mol. The molecule has 31 heavy (non-hydrogen) atoms. The maximum absolute atomic E-state index is 14.9. The summed E-state index contributed by atoms with van der Waals surface area (Å²) < 4.78 is 75.7. The quantitative estimate of drug-likeness (QED) is 0.514. The summed E-state index contributed by atoms with van der Waals surface area (Å²) in [6.45, 7) is 1.40. The summed E-state index contributed by atoms with van der Waals surface area (Å²) in [4.78, 5) is 24.1. The molecule has 12 heteroatoms. The second-order valence-corrected chi connectivity index (χ2v) is 7.38. The van der Waals surface area contributed by atoms with Gasteiger partial charge in [-0.2, -0.15) is 17.6 Å². The number of hydrogen-bond donors (Lipinski definition) is 1. The number of rotatable bonds is 7. The first-order valence-corrected chi connectivity index (χ1v) is 9.37. The van der Waals surface area contributed by atoms with E-state index in [1.807, 2.05) is 0 Å². The Hall–Kier alpha value is -3.15. The normalized spacial score (nSPS) is 11.9. The van der Waals surface area contributed by atoms with Gasteiger partial charge in [-0.05, 0) is 36.8 Å². The van der Waals surface area contributed by atoms with E-state index in [9.17, 15) is 36.6 Å². The number of benzene rings is 1. The topological polar surface area (TPSA) is 77.8 Å². The number of methoxy groups -OCH3 is 1. The van der Waals surface area contributed by atoms with Crippen molar-refractivity contribution in [1.82, 2.24) is 4.57 Å². The van der Waals surface area contributed by atoms with Crippen LogP contribution in [0.1, 0.15) is 20.9 Å². The summed E-state index contributed by atoms with van der Waals surface area (Å²) in [5.41, 5.74) is 0.179. The maximum Gasteiger partial charge on any atom is 0.461 e. The van der Waals surface area contributed by atoms with Crippen LogP contribution >= 0.6 is 11.3 Å². The smallest absolute Gasteiger partial charge is 0.461 e. The van der Waals surface area contributed by atoms with Gasteiger partial charge >= 0.3 is 18.5 Å². The molecular formula is C19H14F5NO5S. The Labute approximate surface area is 175 Å². The van der Waals surface area contributed by atoms with Crippen molar-refractivity contribution in [2.75, 3.05) is 7.11 Å². The third-order valence-electron chi connectivity index (χ3n) is 4.43. The molecule has 0 spiro atoms. The second-order valence-electron chi connectivity index (χ2n) is 6.33. The van der Waals surface area contributed by atoms with Crippen molar-refractivity contribution < 1.29 is 46.1 Å². The van der Waals surface area contributed by atoms with E-state index < -0.39 is 41.7 Å². The molecule has 0 saturated carbocycles. The maximum atomic E-state index is 14.9. The fourth-order valence-corrected chi connectivity index (χ4v) is 3.90. The van der Waals surface area contributed by atoms with Crippen LogP contribution in [0.4, 0.5) is 22.0 Å². The van der Waals surface area contributed by atoms with Gasteiger partial charge in [-0.15, -0.1) is 0 Å². The number of aromatic nitrogens is 1. The Balaban J connectivity index is 2.11. The standard InChI is InChI=1S/C19H14F5NO5S/c1-8-9(7-13(26)27)15-10(3-4-11(29-2)16(15)20)25(8)17(28)12-5-6-14(31-12)30-19(23,24)18(21)22/h3-6,18H,7H2,1-2H3,(H,26,27). The molecule has 3 aromatic rings. The van der Waals surface area contributed by atoms with Crippen molar-refractivity contribution in [1.29, 1.82) is 0 Å². The molecule has 6 nitrogen and oxygen atoms in total. The average Bonchev–Trinajstić information content (AvgIpc) is 3.24. The molecule has 0 atom stereocenters. The number of alkyl halides is 4. The molecule has 0 fully saturated rings. The van der Waals surface area contributed by atoms with Crippen LogP contribution in [0.2, 0.25) is 0 Å². The second kappa shape index (κ2) is 8.17. The van der Waals surface area contributed by atoms with Gasteiger partial charge in [-0.3, -0.25) is 14.2 Å². The first-order valence-electron chi connectivity index (χ1n) is 8.55. The van der Waals surface area contributed by atoms with E-state index in [4.69, 9.17) is 4.74 Å². The highest BCUT2D eigenvalue weighted by atomic mass is 32.1. The molecule has 0 unspecified atom stereocenters. The van der Waals surface area contributed by atoms with E-state index in [2.05, 4.69) is 4.74 Å². The summed E-state index contributed by atoms with van der Waals surface area (Å²) in [5, 5.41) is 8.44. The molecule has 2 heterocycles. The van der Waals surface area contributed by atoms with Crippen molar-refractivity contribution >= 4 is 34.1 Å². The third-order valence-corrected chi connectivity index (χ3v) is 5.38. The van der Waals surface area contributed by atoms with E-state index in [0.717, 1.165) is 16.7 Å². The number of thiophene rings is 1. The van der Waals surface area contributed by atoms with E-state index >= 15 is 0 Å². The van der Waals surface area contributed by atoms with E-state index in [0.29, 0.717) is 11.3 Å². The Kier molecular flexibility index (Phi) is 5.94. The molecule has 0 aliphatic heterocycles. The lowest BCUT2D eigenvalue weighted by atomic mass is 10.1. The first-order chi connectivity index (χ1) is 14.5. The van der Waals surface area contributed by atoms with Gasteiger partial charge in [0.2, 0.25) is 0 Å². The largest absolute Gasteiger partial charge is 0.494 e. The van der Waals surface area contributed by atoms with Gasteiger partial charge in [-0.1, -0.05) is 11.3 Å². The summed E-state index contributed by atoms with van der Waals surface area (Å²) in [5.74, 6) is -3.09. The molecule has 0 aliphatic carbocycles. The molecule has 0 aliphatic rings. The lowest BCUT2D eigenvalue weighted by Gasteiger charge is -2.14. The molecular weight excluding hydrogens is 449 g/mol. The summed E-state index contributed by atoms with van der Waals surface area (Å²) in [6.07, 6.45) is -9.40. The van der Waals surface area contributed by atoms with Crippen LogP contribution in [0.25, 0.3) is 10.9 Å². The molecule has 0 radical (unpaired) electrons. The van der Waals surface area contributed by atoms with Crippen LogP contribution in [-0.4, -0.2) is 41.2 Å². The zero-order valence-corrected chi connectivity index (χ0v) is 16.7. The number of hydrogen-bond acceptors (Lipinski definition) is 5. The van der Waals surface area contributed by atoms with Crippen LogP contribution in [0.15, 0.2) is 24.3 Å². The number of halogens is 5. The van der Waals surface area contributed by atoms with Crippen LogP contribution in [0.5, 0.6) is 10.8 Å². The molecule has 3 rings (SSSR count). The molecule has 166 valence electrons.